The van der Waals surface area contributed by atoms with Crippen LogP contribution >= 0.6 is 0 Å². The van der Waals surface area contributed by atoms with Gasteiger partial charge in [0.1, 0.15) is 0 Å². The van der Waals surface area contributed by atoms with Gasteiger partial charge in [0, 0.05) is 74.1 Å². The van der Waals surface area contributed by atoms with Crippen molar-refractivity contribution in [1.29, 1.82) is 0 Å². The number of aryl methyl sites for hydroxylation is 1. The minimum atomic E-state index is -0.288. The van der Waals surface area contributed by atoms with Gasteiger partial charge in [-0.3, -0.25) is 24.0 Å². The van der Waals surface area contributed by atoms with Crippen molar-refractivity contribution in [3.63, 3.8) is 0 Å². The Morgan fingerprint density at radius 3 is 2.53 bits per heavy atom. The number of rotatable bonds is 11. The number of amides is 2. The molecular weight excluding hydrogens is 620 g/mol. The zero-order valence-corrected chi connectivity index (χ0v) is 28.1. The summed E-state index contributed by atoms with van der Waals surface area (Å²) in [6.45, 7) is 7.11. The molecule has 3 fully saturated rings. The zero-order chi connectivity index (χ0) is 33.8. The molecule has 0 unspecified atom stereocenters. The Morgan fingerprint density at radius 2 is 1.80 bits per heavy atom. The molecule has 0 radical (unpaired) electrons. The van der Waals surface area contributed by atoms with Crippen LogP contribution in [0.15, 0.2) is 53.6 Å². The summed E-state index contributed by atoms with van der Waals surface area (Å²) in [6.07, 6.45) is 8.33. The number of nitrogens with one attached hydrogen (secondary N) is 3. The highest BCUT2D eigenvalue weighted by Gasteiger charge is 2.38. The summed E-state index contributed by atoms with van der Waals surface area (Å²) in [5.41, 5.74) is 6.71. The number of pyridine rings is 1. The maximum atomic E-state index is 13.3. The second-order valence-corrected chi connectivity index (χ2v) is 13.7. The fraction of sp³-hybridized carbons (Fsp3) is 0.444. The Bertz CT molecular complexity index is 1990. The van der Waals surface area contributed by atoms with Gasteiger partial charge in [0.05, 0.1) is 41.0 Å². The molecule has 2 amide bonds. The van der Waals surface area contributed by atoms with Crippen molar-refractivity contribution in [2.75, 3.05) is 35.7 Å². The maximum absolute atomic E-state index is 13.3. The van der Waals surface area contributed by atoms with Crippen molar-refractivity contribution in [3.8, 4) is 11.1 Å². The van der Waals surface area contributed by atoms with Gasteiger partial charge in [-0.1, -0.05) is 25.1 Å². The molecule has 254 valence electrons. The summed E-state index contributed by atoms with van der Waals surface area (Å²) in [5.74, 6) is -0.0356. The minimum Gasteiger partial charge on any atom is -0.364 e. The minimum absolute atomic E-state index is 0.0117. The van der Waals surface area contributed by atoms with Gasteiger partial charge in [-0.05, 0) is 51.2 Å². The molecule has 2 aliphatic carbocycles. The molecule has 1 atom stereocenters. The lowest BCUT2D eigenvalue weighted by molar-refractivity contribution is -0.117. The number of likely N-dealkylation sites (tertiary alicyclic amines) is 1. The molecule has 5 heterocycles. The van der Waals surface area contributed by atoms with Crippen LogP contribution in [0.3, 0.4) is 0 Å². The van der Waals surface area contributed by atoms with Crippen LogP contribution in [0.4, 0.5) is 22.9 Å². The van der Waals surface area contributed by atoms with Crippen molar-refractivity contribution >= 4 is 34.7 Å². The SMILES string of the molecule is CC[C@@H]1c2c(cnn2C2CN(Cc3cccn(CC)c3=O)C2)-c2cccc(Nc3cc(NC(=O)C4CC4)nnc3C(=O)NC3CC3)c2N1C. The highest BCUT2D eigenvalue weighted by atomic mass is 16.2. The second kappa shape index (κ2) is 12.4. The predicted molar refractivity (Wildman–Crippen MR) is 187 cm³/mol. The molecule has 4 aliphatic rings. The molecule has 13 nitrogen and oxygen atoms in total. The highest BCUT2D eigenvalue weighted by molar-refractivity contribution is 6.01. The van der Waals surface area contributed by atoms with Crippen LogP contribution in [-0.4, -0.2) is 67.4 Å². The zero-order valence-electron chi connectivity index (χ0n) is 28.1. The number of benzene rings is 1. The van der Waals surface area contributed by atoms with E-state index >= 15 is 0 Å². The number of anilines is 4. The molecule has 3 N–H and O–H groups in total. The Morgan fingerprint density at radius 1 is 0.980 bits per heavy atom. The van der Waals surface area contributed by atoms with E-state index in [0.29, 0.717) is 24.6 Å². The fourth-order valence-corrected chi connectivity index (χ4v) is 7.19. The van der Waals surface area contributed by atoms with Crippen molar-refractivity contribution in [1.82, 2.24) is 34.8 Å². The number of carbonyl (C=O) groups excluding carboxylic acids is 2. The molecule has 8 rings (SSSR count). The van der Waals surface area contributed by atoms with E-state index in [2.05, 4.69) is 60.7 Å². The maximum Gasteiger partial charge on any atom is 0.274 e. The Hall–Kier alpha value is -5.04. The average Bonchev–Trinajstić information content (AvgIpc) is 4.02. The topological polar surface area (TPSA) is 142 Å². The summed E-state index contributed by atoms with van der Waals surface area (Å²) in [4.78, 5) is 43.2. The van der Waals surface area contributed by atoms with Crippen LogP contribution in [0.5, 0.6) is 0 Å². The van der Waals surface area contributed by atoms with Gasteiger partial charge >= 0.3 is 0 Å². The third-order valence-corrected chi connectivity index (χ3v) is 10.2. The lowest BCUT2D eigenvalue weighted by Crippen LogP contribution is -2.49. The summed E-state index contributed by atoms with van der Waals surface area (Å²) in [5, 5.41) is 22.8. The van der Waals surface area contributed by atoms with Crippen molar-refractivity contribution in [2.24, 2.45) is 5.92 Å². The van der Waals surface area contributed by atoms with Crippen molar-refractivity contribution in [3.05, 3.63) is 76.1 Å². The largest absolute Gasteiger partial charge is 0.364 e. The predicted octanol–water partition coefficient (Wildman–Crippen LogP) is 4.46. The van der Waals surface area contributed by atoms with Gasteiger partial charge in [-0.25, -0.2) is 0 Å². The Kier molecular flexibility index (Phi) is 7.93. The van der Waals surface area contributed by atoms with Gasteiger partial charge < -0.3 is 25.4 Å². The normalized spacial score (nSPS) is 18.8. The van der Waals surface area contributed by atoms with Gasteiger partial charge in [-0.15, -0.1) is 10.2 Å². The molecule has 3 aromatic heterocycles. The van der Waals surface area contributed by atoms with E-state index in [1.165, 1.54) is 5.69 Å². The smallest absolute Gasteiger partial charge is 0.274 e. The van der Waals surface area contributed by atoms with Gasteiger partial charge in [0.25, 0.3) is 11.5 Å². The number of hydrogen-bond donors (Lipinski definition) is 3. The molecule has 4 aromatic rings. The quantitative estimate of drug-likeness (QED) is 0.212. The number of nitrogens with zero attached hydrogens (tertiary/aromatic N) is 7. The van der Waals surface area contributed by atoms with E-state index in [1.54, 1.807) is 10.6 Å². The first-order valence-electron chi connectivity index (χ1n) is 17.4. The molecule has 13 heteroatoms. The number of fused-ring (bicyclic) bond motifs is 3. The first-order valence-corrected chi connectivity index (χ1v) is 17.4. The van der Waals surface area contributed by atoms with Crippen LogP contribution in [-0.2, 0) is 17.9 Å². The number of aromatic nitrogens is 5. The average molecular weight is 663 g/mol. The monoisotopic (exact) mass is 662 g/mol. The Labute approximate surface area is 284 Å². The Balaban J connectivity index is 1.08. The number of carbonyl (C=O) groups is 2. The molecule has 1 aromatic carbocycles. The molecule has 1 saturated heterocycles. The standard InChI is InChI=1S/C36H42N10O3/c1-4-29-33-26(17-37-46(33)24-19-44(20-24)18-22-8-7-15-45(5-2)36(22)49)25-9-6-10-27(32(25)43(29)3)39-28-16-30(40-34(47)21-11-12-21)41-42-31(28)35(48)38-23-13-14-23/h6-10,15-17,21,23-24,29H,4-5,11-14,18-20H2,1-3H3,(H,38,48)(H2,39,40,41,47)/t29-/m1/s1. The van der Waals surface area contributed by atoms with E-state index in [0.717, 1.165) is 73.3 Å². The summed E-state index contributed by atoms with van der Waals surface area (Å²) < 4.78 is 3.94. The molecule has 0 bridgehead atoms. The number of hydrogen-bond acceptors (Lipinski definition) is 9. The fourth-order valence-electron chi connectivity index (χ4n) is 7.19. The van der Waals surface area contributed by atoms with E-state index in [4.69, 9.17) is 5.10 Å². The second-order valence-electron chi connectivity index (χ2n) is 13.7. The van der Waals surface area contributed by atoms with Crippen LogP contribution < -0.4 is 26.4 Å². The first-order chi connectivity index (χ1) is 23.8. The summed E-state index contributed by atoms with van der Waals surface area (Å²) in [6, 6.07) is 12.1. The van der Waals surface area contributed by atoms with Crippen LogP contribution in [0, 0.1) is 5.92 Å². The van der Waals surface area contributed by atoms with E-state index in [-0.39, 0.29) is 47.1 Å². The molecule has 2 aliphatic heterocycles. The lowest BCUT2D eigenvalue weighted by atomic mass is 9.91. The van der Waals surface area contributed by atoms with Crippen LogP contribution in [0.1, 0.15) is 79.8 Å². The van der Waals surface area contributed by atoms with Crippen LogP contribution in [0.2, 0.25) is 0 Å². The first kappa shape index (κ1) is 31.2. The van der Waals surface area contributed by atoms with Crippen LogP contribution in [0.25, 0.3) is 11.1 Å². The van der Waals surface area contributed by atoms with Gasteiger partial charge in [-0.2, -0.15) is 5.10 Å². The van der Waals surface area contributed by atoms with E-state index in [9.17, 15) is 14.4 Å². The molecule has 2 saturated carbocycles. The van der Waals surface area contributed by atoms with E-state index in [1.807, 2.05) is 43.6 Å². The third kappa shape index (κ3) is 5.85. The third-order valence-electron chi connectivity index (χ3n) is 10.2. The van der Waals surface area contributed by atoms with Gasteiger partial charge in [0.15, 0.2) is 11.5 Å². The molecule has 49 heavy (non-hydrogen) atoms. The summed E-state index contributed by atoms with van der Waals surface area (Å²) in [7, 11) is 2.10. The van der Waals surface area contributed by atoms with Gasteiger partial charge in [0.2, 0.25) is 5.91 Å². The molecule has 0 spiro atoms. The highest BCUT2D eigenvalue weighted by Crippen LogP contribution is 2.50. The number of para-hydroxylation sites is 1. The summed E-state index contributed by atoms with van der Waals surface area (Å²) >= 11 is 0. The van der Waals surface area contributed by atoms with Crippen molar-refractivity contribution in [2.45, 2.75) is 77.2 Å². The van der Waals surface area contributed by atoms with E-state index < -0.39 is 0 Å². The molecular formula is C36H42N10O3. The lowest BCUT2D eigenvalue weighted by Gasteiger charge is -2.43. The van der Waals surface area contributed by atoms with Crippen molar-refractivity contribution < 1.29 is 9.59 Å².